The molecule has 0 radical (unpaired) electrons. The number of halogens is 1. The maximum atomic E-state index is 13.0. The number of aromatic nitrogens is 3. The molecule has 0 spiro atoms. The van der Waals surface area contributed by atoms with E-state index < -0.39 is 0 Å². The number of hydrogen-bond donors (Lipinski definition) is 1. The van der Waals surface area contributed by atoms with Crippen LogP contribution in [-0.2, 0) is 0 Å². The Morgan fingerprint density at radius 1 is 1.32 bits per heavy atom. The molecule has 2 heterocycles. The van der Waals surface area contributed by atoms with E-state index in [9.17, 15) is 9.18 Å². The second kappa shape index (κ2) is 5.77. The first-order valence-electron chi connectivity index (χ1n) is 6.69. The number of carbonyl (C=O) groups is 1. The van der Waals surface area contributed by atoms with Crippen LogP contribution in [0.5, 0.6) is 0 Å². The Balaban J connectivity index is 2.05. The summed E-state index contributed by atoms with van der Waals surface area (Å²) >= 11 is 0. The van der Waals surface area contributed by atoms with Gasteiger partial charge in [0.25, 0.3) is 5.91 Å². The molecule has 6 heteroatoms. The molecule has 3 aromatic rings. The van der Waals surface area contributed by atoms with E-state index in [1.165, 1.54) is 12.1 Å². The van der Waals surface area contributed by atoms with Gasteiger partial charge >= 0.3 is 0 Å². The summed E-state index contributed by atoms with van der Waals surface area (Å²) in [5, 5.41) is 6.94. The number of hydrogen-bond acceptors (Lipinski definition) is 3. The van der Waals surface area contributed by atoms with Crippen LogP contribution in [0.4, 0.5) is 4.39 Å². The van der Waals surface area contributed by atoms with E-state index in [0.29, 0.717) is 12.2 Å². The Bertz CT molecular complexity index is 839. The summed E-state index contributed by atoms with van der Waals surface area (Å²) in [6.45, 7) is 3.91. The van der Waals surface area contributed by atoms with Crippen molar-refractivity contribution in [3.8, 4) is 11.3 Å². The first-order valence-corrected chi connectivity index (χ1v) is 6.69. The third-order valence-corrected chi connectivity index (χ3v) is 3.14. The Morgan fingerprint density at radius 3 is 2.82 bits per heavy atom. The summed E-state index contributed by atoms with van der Waals surface area (Å²) in [6.07, 6.45) is 3.22. The molecular formula is C16H13FN4O. The first-order chi connectivity index (χ1) is 10.7. The van der Waals surface area contributed by atoms with Crippen molar-refractivity contribution < 1.29 is 9.18 Å². The van der Waals surface area contributed by atoms with E-state index in [4.69, 9.17) is 0 Å². The number of benzene rings is 1. The number of nitrogens with zero attached hydrogens (tertiary/aromatic N) is 3. The van der Waals surface area contributed by atoms with Crippen LogP contribution in [0, 0.1) is 5.82 Å². The molecular weight excluding hydrogens is 283 g/mol. The van der Waals surface area contributed by atoms with Gasteiger partial charge in [0, 0.05) is 24.4 Å². The van der Waals surface area contributed by atoms with E-state index in [0.717, 1.165) is 11.3 Å². The summed E-state index contributed by atoms with van der Waals surface area (Å²) in [4.78, 5) is 16.1. The molecule has 22 heavy (non-hydrogen) atoms. The predicted octanol–water partition coefficient (Wildman–Crippen LogP) is 2.45. The van der Waals surface area contributed by atoms with E-state index in [1.807, 2.05) is 0 Å². The molecule has 0 bridgehead atoms. The molecule has 5 nitrogen and oxygen atoms in total. The van der Waals surface area contributed by atoms with Gasteiger partial charge in [-0.2, -0.15) is 5.10 Å². The molecule has 0 aliphatic rings. The number of amides is 1. The molecule has 3 rings (SSSR count). The third kappa shape index (κ3) is 2.58. The largest absolute Gasteiger partial charge is 0.347 e. The summed E-state index contributed by atoms with van der Waals surface area (Å²) in [6, 6.07) is 9.43. The number of fused-ring (bicyclic) bond motifs is 1. The Morgan fingerprint density at radius 2 is 2.09 bits per heavy atom. The van der Waals surface area contributed by atoms with Crippen LogP contribution in [0.25, 0.3) is 16.9 Å². The van der Waals surface area contributed by atoms with Gasteiger partial charge in [0.1, 0.15) is 5.82 Å². The molecule has 0 fully saturated rings. The maximum Gasteiger partial charge on any atom is 0.272 e. The number of carbonyl (C=O) groups excluding carboxylic acids is 1. The van der Waals surface area contributed by atoms with Crippen LogP contribution in [0.1, 0.15) is 10.5 Å². The fourth-order valence-electron chi connectivity index (χ4n) is 2.10. The Kier molecular flexibility index (Phi) is 3.65. The lowest BCUT2D eigenvalue weighted by atomic mass is 10.1. The molecule has 0 aliphatic heterocycles. The summed E-state index contributed by atoms with van der Waals surface area (Å²) in [5.74, 6) is -0.602. The van der Waals surface area contributed by atoms with Crippen molar-refractivity contribution in [2.75, 3.05) is 6.54 Å². The highest BCUT2D eigenvalue weighted by Gasteiger charge is 2.13. The van der Waals surface area contributed by atoms with E-state index in [2.05, 4.69) is 22.0 Å². The van der Waals surface area contributed by atoms with Gasteiger partial charge in [-0.3, -0.25) is 4.79 Å². The topological polar surface area (TPSA) is 59.3 Å². The average Bonchev–Trinajstić information content (AvgIpc) is 2.97. The molecule has 0 unspecified atom stereocenters. The lowest BCUT2D eigenvalue weighted by Crippen LogP contribution is -2.23. The van der Waals surface area contributed by atoms with Gasteiger partial charge < -0.3 is 5.32 Å². The fraction of sp³-hybridized carbons (Fsp3) is 0.0625. The SMILES string of the molecule is C=CCNC(=O)c1cc2nccc(-c3ccc(F)cc3)n2n1. The van der Waals surface area contributed by atoms with Crippen LogP contribution in [0.3, 0.4) is 0 Å². The normalized spacial score (nSPS) is 10.6. The van der Waals surface area contributed by atoms with Crippen molar-refractivity contribution in [3.63, 3.8) is 0 Å². The third-order valence-electron chi connectivity index (χ3n) is 3.14. The molecule has 110 valence electrons. The van der Waals surface area contributed by atoms with Crippen molar-refractivity contribution in [1.82, 2.24) is 19.9 Å². The van der Waals surface area contributed by atoms with Crippen LogP contribution in [0.15, 0.2) is 55.3 Å². The molecule has 0 aliphatic carbocycles. The van der Waals surface area contributed by atoms with Gasteiger partial charge in [-0.1, -0.05) is 6.08 Å². The highest BCUT2D eigenvalue weighted by Crippen LogP contribution is 2.20. The number of nitrogens with one attached hydrogen (secondary N) is 1. The first kappa shape index (κ1) is 13.9. The van der Waals surface area contributed by atoms with Crippen molar-refractivity contribution in [2.45, 2.75) is 0 Å². The standard InChI is InChI=1S/C16H13FN4O/c1-2-8-19-16(22)13-10-15-18-9-7-14(21(15)20-13)11-3-5-12(17)6-4-11/h2-7,9-10H,1,8H2,(H,19,22). The zero-order chi connectivity index (χ0) is 15.5. The highest BCUT2D eigenvalue weighted by molar-refractivity contribution is 5.93. The quantitative estimate of drug-likeness (QED) is 0.752. The Labute approximate surface area is 126 Å². The second-order valence-electron chi connectivity index (χ2n) is 4.64. The second-order valence-corrected chi connectivity index (χ2v) is 4.64. The minimum absolute atomic E-state index is 0.268. The Hall–Kier alpha value is -3.02. The lowest BCUT2D eigenvalue weighted by molar-refractivity contribution is 0.0953. The molecule has 0 atom stereocenters. The minimum atomic E-state index is -0.306. The number of rotatable bonds is 4. The van der Waals surface area contributed by atoms with Crippen LogP contribution in [-0.4, -0.2) is 27.0 Å². The molecule has 2 aromatic heterocycles. The maximum absolute atomic E-state index is 13.0. The van der Waals surface area contributed by atoms with Crippen LogP contribution < -0.4 is 5.32 Å². The zero-order valence-corrected chi connectivity index (χ0v) is 11.7. The van der Waals surface area contributed by atoms with E-state index in [-0.39, 0.29) is 17.4 Å². The highest BCUT2D eigenvalue weighted by atomic mass is 19.1. The van der Waals surface area contributed by atoms with Crippen molar-refractivity contribution in [3.05, 3.63) is 66.8 Å². The molecule has 1 N–H and O–H groups in total. The smallest absolute Gasteiger partial charge is 0.272 e. The van der Waals surface area contributed by atoms with Crippen LogP contribution >= 0.6 is 0 Å². The molecule has 1 amide bonds. The minimum Gasteiger partial charge on any atom is -0.347 e. The van der Waals surface area contributed by atoms with Gasteiger partial charge in [-0.25, -0.2) is 13.9 Å². The summed E-state index contributed by atoms with van der Waals surface area (Å²) < 4.78 is 14.6. The monoisotopic (exact) mass is 296 g/mol. The van der Waals surface area contributed by atoms with Gasteiger partial charge in [-0.05, 0) is 30.3 Å². The van der Waals surface area contributed by atoms with Gasteiger partial charge in [0.2, 0.25) is 0 Å². The predicted molar refractivity (Wildman–Crippen MR) is 80.9 cm³/mol. The summed E-state index contributed by atoms with van der Waals surface area (Å²) in [5.41, 5.74) is 2.33. The van der Waals surface area contributed by atoms with Gasteiger partial charge in [-0.15, -0.1) is 6.58 Å². The average molecular weight is 296 g/mol. The van der Waals surface area contributed by atoms with Crippen molar-refractivity contribution in [2.24, 2.45) is 0 Å². The molecule has 0 saturated heterocycles. The fourth-order valence-corrected chi connectivity index (χ4v) is 2.10. The van der Waals surface area contributed by atoms with Crippen molar-refractivity contribution in [1.29, 1.82) is 0 Å². The molecule has 1 aromatic carbocycles. The van der Waals surface area contributed by atoms with E-state index >= 15 is 0 Å². The lowest BCUT2D eigenvalue weighted by Gasteiger charge is -2.04. The van der Waals surface area contributed by atoms with Gasteiger partial charge in [0.05, 0.1) is 5.69 Å². The van der Waals surface area contributed by atoms with Crippen LogP contribution in [0.2, 0.25) is 0 Å². The zero-order valence-electron chi connectivity index (χ0n) is 11.7. The van der Waals surface area contributed by atoms with E-state index in [1.54, 1.807) is 41.1 Å². The van der Waals surface area contributed by atoms with Gasteiger partial charge in [0.15, 0.2) is 11.3 Å². The summed E-state index contributed by atoms with van der Waals surface area (Å²) in [7, 11) is 0. The molecule has 0 saturated carbocycles. The van der Waals surface area contributed by atoms with Crippen molar-refractivity contribution >= 4 is 11.6 Å².